The summed E-state index contributed by atoms with van der Waals surface area (Å²) in [4.78, 5) is 19.2. The second kappa shape index (κ2) is 10.6. The van der Waals surface area contributed by atoms with E-state index in [-0.39, 0.29) is 6.54 Å². The molecule has 6 nitrogen and oxygen atoms in total. The van der Waals surface area contributed by atoms with Crippen molar-refractivity contribution in [3.8, 4) is 5.75 Å². The van der Waals surface area contributed by atoms with Gasteiger partial charge in [-0.1, -0.05) is 42.5 Å². The maximum Gasteiger partial charge on any atom is 0.410 e. The molecule has 0 spiro atoms. The topological polar surface area (TPSA) is 71.9 Å². The Bertz CT molecular complexity index is 969. The number of benzene rings is 2. The van der Waals surface area contributed by atoms with Crippen molar-refractivity contribution in [2.24, 2.45) is 0 Å². The molecular formula is C25H30N2O4S. The van der Waals surface area contributed by atoms with Gasteiger partial charge in [-0.2, -0.15) is 0 Å². The molecule has 1 amide bonds. The summed E-state index contributed by atoms with van der Waals surface area (Å²) < 4.78 is 11.0. The molecule has 2 atom stereocenters. The lowest BCUT2D eigenvalue weighted by Crippen LogP contribution is -2.46. The molecule has 0 radical (unpaired) electrons. The van der Waals surface area contributed by atoms with E-state index in [0.717, 1.165) is 16.9 Å². The summed E-state index contributed by atoms with van der Waals surface area (Å²) in [5.74, 6) is 0.737. The van der Waals surface area contributed by atoms with E-state index in [2.05, 4.69) is 4.98 Å². The molecule has 1 aromatic heterocycles. The van der Waals surface area contributed by atoms with E-state index in [4.69, 9.17) is 9.47 Å². The fourth-order valence-corrected chi connectivity index (χ4v) is 4.04. The van der Waals surface area contributed by atoms with Gasteiger partial charge in [-0.05, 0) is 50.5 Å². The van der Waals surface area contributed by atoms with E-state index in [9.17, 15) is 9.90 Å². The Hall–Kier alpha value is -2.90. The third-order valence-corrected chi connectivity index (χ3v) is 5.74. The molecule has 0 fully saturated rings. The summed E-state index contributed by atoms with van der Waals surface area (Å²) in [6.45, 7) is 5.78. The van der Waals surface area contributed by atoms with E-state index in [1.165, 1.54) is 11.3 Å². The van der Waals surface area contributed by atoms with E-state index >= 15 is 0 Å². The highest BCUT2D eigenvalue weighted by Crippen LogP contribution is 2.29. The molecule has 32 heavy (non-hydrogen) atoms. The average Bonchev–Trinajstić information content (AvgIpc) is 3.30. The smallest absolute Gasteiger partial charge is 0.410 e. The molecule has 0 bridgehead atoms. The number of aromatic nitrogens is 1. The first kappa shape index (κ1) is 23.8. The van der Waals surface area contributed by atoms with Gasteiger partial charge in [0.25, 0.3) is 0 Å². The van der Waals surface area contributed by atoms with Crippen LogP contribution in [-0.2, 0) is 17.7 Å². The Labute approximate surface area is 193 Å². The predicted octanol–water partition coefficient (Wildman–Crippen LogP) is 5.23. The first-order chi connectivity index (χ1) is 15.3. The summed E-state index contributed by atoms with van der Waals surface area (Å²) in [6.07, 6.45) is 0.673. The first-order valence-electron chi connectivity index (χ1n) is 10.5. The summed E-state index contributed by atoms with van der Waals surface area (Å²) in [6, 6.07) is 16.8. The highest BCUT2D eigenvalue weighted by Gasteiger charge is 2.35. The largest absolute Gasteiger partial charge is 0.497 e. The zero-order valence-corrected chi connectivity index (χ0v) is 19.7. The van der Waals surface area contributed by atoms with Crippen LogP contribution in [-0.4, -0.2) is 39.8 Å². The number of amides is 1. The number of carbonyl (C=O) groups is 1. The van der Waals surface area contributed by atoms with Gasteiger partial charge in [0.2, 0.25) is 0 Å². The maximum atomic E-state index is 13.3. The number of methoxy groups -OCH3 is 1. The maximum absolute atomic E-state index is 13.3. The van der Waals surface area contributed by atoms with Crippen molar-refractivity contribution in [1.82, 2.24) is 9.88 Å². The van der Waals surface area contributed by atoms with Gasteiger partial charge in [-0.3, -0.25) is 4.90 Å². The molecule has 2 aromatic carbocycles. The molecule has 3 rings (SSSR count). The fraction of sp³-hybridized carbons (Fsp3) is 0.360. The van der Waals surface area contributed by atoms with Crippen LogP contribution < -0.4 is 4.74 Å². The molecular weight excluding hydrogens is 424 g/mol. The Morgan fingerprint density at radius 3 is 2.34 bits per heavy atom. The van der Waals surface area contributed by atoms with E-state index in [0.29, 0.717) is 11.4 Å². The number of ether oxygens (including phenoxy) is 2. The van der Waals surface area contributed by atoms with Gasteiger partial charge in [0.1, 0.15) is 22.5 Å². The second-order valence-corrected chi connectivity index (χ2v) is 9.45. The first-order valence-corrected chi connectivity index (χ1v) is 11.4. The summed E-state index contributed by atoms with van der Waals surface area (Å²) >= 11 is 1.37. The molecule has 0 aliphatic heterocycles. The van der Waals surface area contributed by atoms with Gasteiger partial charge in [-0.15, -0.1) is 11.3 Å². The van der Waals surface area contributed by atoms with Crippen molar-refractivity contribution in [2.45, 2.75) is 51.5 Å². The minimum absolute atomic E-state index is 0.277. The van der Waals surface area contributed by atoms with Crippen molar-refractivity contribution in [3.63, 3.8) is 0 Å². The molecule has 1 N–H and O–H groups in total. The van der Waals surface area contributed by atoms with Crippen molar-refractivity contribution in [3.05, 3.63) is 82.3 Å². The van der Waals surface area contributed by atoms with Crippen LogP contribution in [0.2, 0.25) is 0 Å². The lowest BCUT2D eigenvalue weighted by Gasteiger charge is -2.36. The molecule has 0 saturated carbocycles. The summed E-state index contributed by atoms with van der Waals surface area (Å²) in [5.41, 5.74) is 1.25. The van der Waals surface area contributed by atoms with E-state index in [1.54, 1.807) is 18.2 Å². The van der Waals surface area contributed by atoms with Crippen LogP contribution in [0.5, 0.6) is 5.75 Å². The highest BCUT2D eigenvalue weighted by molar-refractivity contribution is 7.09. The lowest BCUT2D eigenvalue weighted by atomic mass is 9.99. The van der Waals surface area contributed by atoms with Crippen LogP contribution in [0.25, 0.3) is 0 Å². The van der Waals surface area contributed by atoms with Gasteiger partial charge in [0.15, 0.2) is 0 Å². The van der Waals surface area contributed by atoms with Gasteiger partial charge in [0, 0.05) is 18.1 Å². The predicted molar refractivity (Wildman–Crippen MR) is 126 cm³/mol. The number of hydrogen-bond donors (Lipinski definition) is 1. The SMILES string of the molecule is COc1ccc(CN(C(=O)OC(C)(C)C)[C@@H](Cc2ccccc2)[C@@H](O)c2nccs2)cc1. The van der Waals surface area contributed by atoms with Crippen molar-refractivity contribution in [1.29, 1.82) is 0 Å². The fourth-order valence-electron chi connectivity index (χ4n) is 3.36. The van der Waals surface area contributed by atoms with Crippen LogP contribution in [0, 0.1) is 0 Å². The van der Waals surface area contributed by atoms with Crippen LogP contribution >= 0.6 is 11.3 Å². The van der Waals surface area contributed by atoms with E-state index in [1.807, 2.05) is 80.7 Å². The number of aliphatic hydroxyl groups excluding tert-OH is 1. The number of rotatable bonds is 8. The molecule has 1 heterocycles. The van der Waals surface area contributed by atoms with Gasteiger partial charge < -0.3 is 14.6 Å². The van der Waals surface area contributed by atoms with Crippen LogP contribution in [0.4, 0.5) is 4.79 Å². The Kier molecular flexibility index (Phi) is 7.88. The zero-order chi connectivity index (χ0) is 23.1. The number of nitrogens with zero attached hydrogens (tertiary/aromatic N) is 2. The standard InChI is InChI=1S/C25H30N2O4S/c1-25(2,3)31-24(29)27(17-19-10-12-20(30-4)13-11-19)21(16-18-8-6-5-7-9-18)22(28)23-26-14-15-32-23/h5-15,21-22,28H,16-17H2,1-4H3/t21-,22+/m0/s1. The quantitative estimate of drug-likeness (QED) is 0.504. The van der Waals surface area contributed by atoms with Gasteiger partial charge in [0.05, 0.1) is 13.2 Å². The number of thiazole rings is 1. The van der Waals surface area contributed by atoms with Crippen LogP contribution in [0.3, 0.4) is 0 Å². The monoisotopic (exact) mass is 454 g/mol. The van der Waals surface area contributed by atoms with Crippen molar-refractivity contribution < 1.29 is 19.4 Å². The summed E-state index contributed by atoms with van der Waals surface area (Å²) in [7, 11) is 1.61. The molecule has 0 aliphatic rings. The number of hydrogen-bond acceptors (Lipinski definition) is 6. The van der Waals surface area contributed by atoms with Gasteiger partial charge in [-0.25, -0.2) is 9.78 Å². The molecule has 0 saturated heterocycles. The zero-order valence-electron chi connectivity index (χ0n) is 18.9. The summed E-state index contributed by atoms with van der Waals surface area (Å²) in [5, 5.41) is 13.7. The van der Waals surface area contributed by atoms with Crippen molar-refractivity contribution >= 4 is 17.4 Å². The van der Waals surface area contributed by atoms with Crippen LogP contribution in [0.15, 0.2) is 66.2 Å². The Morgan fingerprint density at radius 1 is 1.09 bits per heavy atom. The second-order valence-electron chi connectivity index (χ2n) is 8.53. The third kappa shape index (κ3) is 6.55. The lowest BCUT2D eigenvalue weighted by molar-refractivity contribution is -0.00933. The van der Waals surface area contributed by atoms with Gasteiger partial charge >= 0.3 is 6.09 Å². The normalized spacial score (nSPS) is 13.3. The Balaban J connectivity index is 1.98. The minimum Gasteiger partial charge on any atom is -0.497 e. The number of carbonyl (C=O) groups excluding carboxylic acids is 1. The number of aliphatic hydroxyl groups is 1. The average molecular weight is 455 g/mol. The molecule has 170 valence electrons. The van der Waals surface area contributed by atoms with Crippen LogP contribution in [0.1, 0.15) is 43.0 Å². The third-order valence-electron chi connectivity index (χ3n) is 4.90. The molecule has 0 unspecified atom stereocenters. The Morgan fingerprint density at radius 2 is 1.78 bits per heavy atom. The molecule has 7 heteroatoms. The molecule has 3 aromatic rings. The highest BCUT2D eigenvalue weighted by atomic mass is 32.1. The minimum atomic E-state index is -0.957. The van der Waals surface area contributed by atoms with Crippen molar-refractivity contribution in [2.75, 3.05) is 7.11 Å². The van der Waals surface area contributed by atoms with E-state index < -0.39 is 23.8 Å². The molecule has 0 aliphatic carbocycles.